The molecule has 1 aliphatic heterocycles. The van der Waals surface area contributed by atoms with E-state index in [-0.39, 0.29) is 11.9 Å². The summed E-state index contributed by atoms with van der Waals surface area (Å²) in [5.41, 5.74) is 0. The molecule has 1 heterocycles. The first kappa shape index (κ1) is 8.49. The molecule has 3 N–H and O–H groups in total. The van der Waals surface area contributed by atoms with Crippen molar-refractivity contribution >= 4 is 5.91 Å². The molecule has 1 radical (unpaired) electrons. The number of aliphatic hydroxyl groups is 1. The summed E-state index contributed by atoms with van der Waals surface area (Å²) in [6.07, 6.45) is 0.869. The fourth-order valence-corrected chi connectivity index (χ4v) is 1.17. The largest absolute Gasteiger partial charge is 0.374 e. The van der Waals surface area contributed by atoms with Crippen LogP contribution in [0.3, 0.4) is 0 Å². The van der Waals surface area contributed by atoms with Gasteiger partial charge in [0.25, 0.3) is 0 Å². The van der Waals surface area contributed by atoms with Crippen LogP contribution in [-0.4, -0.2) is 29.8 Å². The molecule has 0 bridgehead atoms. The van der Waals surface area contributed by atoms with Gasteiger partial charge in [0.1, 0.15) is 6.23 Å². The minimum Gasteiger partial charge on any atom is -0.374 e. The van der Waals surface area contributed by atoms with Gasteiger partial charge in [-0.2, -0.15) is 0 Å². The zero-order valence-corrected chi connectivity index (χ0v) is 6.34. The van der Waals surface area contributed by atoms with Crippen LogP contribution in [0.5, 0.6) is 0 Å². The number of nitrogens with one attached hydrogen (secondary N) is 2. The highest BCUT2D eigenvalue weighted by Crippen LogP contribution is 2.04. The lowest BCUT2D eigenvalue weighted by Crippen LogP contribution is -2.44. The van der Waals surface area contributed by atoms with E-state index >= 15 is 0 Å². The van der Waals surface area contributed by atoms with Crippen molar-refractivity contribution in [2.45, 2.75) is 25.1 Å². The molecule has 1 fully saturated rings. The van der Waals surface area contributed by atoms with E-state index in [9.17, 15) is 4.79 Å². The van der Waals surface area contributed by atoms with Gasteiger partial charge in [0, 0.05) is 0 Å². The van der Waals surface area contributed by atoms with Crippen molar-refractivity contribution in [3.05, 3.63) is 6.92 Å². The zero-order chi connectivity index (χ0) is 8.27. The molecule has 0 aromatic rings. The molecule has 1 unspecified atom stereocenters. The molecule has 0 aliphatic carbocycles. The average molecular weight is 157 g/mol. The maximum absolute atomic E-state index is 11.1. The van der Waals surface area contributed by atoms with Crippen LogP contribution in [0, 0.1) is 6.92 Å². The van der Waals surface area contributed by atoms with Crippen LogP contribution in [0.4, 0.5) is 0 Å². The summed E-state index contributed by atoms with van der Waals surface area (Å²) in [6.45, 7) is 4.13. The fraction of sp³-hybridized carbons (Fsp3) is 0.714. The second-order valence-electron chi connectivity index (χ2n) is 2.67. The highest BCUT2D eigenvalue weighted by molar-refractivity contribution is 5.82. The Balaban J connectivity index is 2.28. The predicted octanol–water partition coefficient (Wildman–Crippen LogP) is -0.993. The van der Waals surface area contributed by atoms with Gasteiger partial charge >= 0.3 is 0 Å². The molecular weight excluding hydrogens is 144 g/mol. The van der Waals surface area contributed by atoms with E-state index in [4.69, 9.17) is 5.11 Å². The third-order valence-electron chi connectivity index (χ3n) is 1.69. The van der Waals surface area contributed by atoms with E-state index in [1.165, 1.54) is 0 Å². The molecule has 4 heteroatoms. The van der Waals surface area contributed by atoms with Crippen molar-refractivity contribution in [3.63, 3.8) is 0 Å². The van der Waals surface area contributed by atoms with Crippen molar-refractivity contribution in [2.24, 2.45) is 0 Å². The molecule has 11 heavy (non-hydrogen) atoms. The van der Waals surface area contributed by atoms with Gasteiger partial charge in [-0.15, -0.1) is 0 Å². The summed E-state index contributed by atoms with van der Waals surface area (Å²) in [5, 5.41) is 14.1. The predicted molar refractivity (Wildman–Crippen MR) is 40.5 cm³/mol. The summed E-state index contributed by atoms with van der Waals surface area (Å²) in [4.78, 5) is 11.1. The Bertz CT molecular complexity index is 141. The van der Waals surface area contributed by atoms with Crippen LogP contribution in [0.2, 0.25) is 0 Å². The Kier molecular flexibility index (Phi) is 2.84. The molecule has 4 nitrogen and oxygen atoms in total. The van der Waals surface area contributed by atoms with Crippen molar-refractivity contribution < 1.29 is 9.90 Å². The molecular formula is C7H13N2O2. The maximum atomic E-state index is 11.1. The lowest BCUT2D eigenvalue weighted by Gasteiger charge is -2.12. The molecule has 0 aromatic carbocycles. The highest BCUT2D eigenvalue weighted by atomic mass is 16.3. The minimum atomic E-state index is -0.995. The van der Waals surface area contributed by atoms with Crippen LogP contribution in [-0.2, 0) is 4.79 Å². The van der Waals surface area contributed by atoms with E-state index in [1.807, 2.05) is 0 Å². The number of amides is 1. The average Bonchev–Trinajstić information content (AvgIpc) is 2.35. The third-order valence-corrected chi connectivity index (χ3v) is 1.69. The minimum absolute atomic E-state index is 0.133. The summed E-state index contributed by atoms with van der Waals surface area (Å²) >= 11 is 0. The monoisotopic (exact) mass is 157 g/mol. The molecule has 1 saturated heterocycles. The Morgan fingerprint density at radius 3 is 3.00 bits per heavy atom. The van der Waals surface area contributed by atoms with Crippen molar-refractivity contribution in [3.8, 4) is 0 Å². The first-order valence-electron chi connectivity index (χ1n) is 3.75. The van der Waals surface area contributed by atoms with Crippen LogP contribution in [0.15, 0.2) is 0 Å². The number of hydrogen-bond donors (Lipinski definition) is 3. The lowest BCUT2D eigenvalue weighted by molar-refractivity contribution is -0.125. The van der Waals surface area contributed by atoms with Gasteiger partial charge < -0.3 is 15.7 Å². The molecule has 0 saturated carbocycles. The van der Waals surface area contributed by atoms with E-state index in [1.54, 1.807) is 0 Å². The lowest BCUT2D eigenvalue weighted by atomic mass is 10.2. The summed E-state index contributed by atoms with van der Waals surface area (Å²) in [6, 6.07) is -0.133. The first-order valence-corrected chi connectivity index (χ1v) is 3.75. The van der Waals surface area contributed by atoms with Crippen LogP contribution >= 0.6 is 0 Å². The quantitative estimate of drug-likeness (QED) is 0.451. The van der Waals surface area contributed by atoms with Crippen LogP contribution < -0.4 is 10.6 Å². The van der Waals surface area contributed by atoms with E-state index in [2.05, 4.69) is 17.6 Å². The number of hydrogen-bond acceptors (Lipinski definition) is 3. The van der Waals surface area contributed by atoms with Gasteiger partial charge in [-0.05, 0) is 26.3 Å². The first-order chi connectivity index (χ1) is 5.20. The summed E-state index contributed by atoms with van der Waals surface area (Å²) in [5.74, 6) is -0.162. The van der Waals surface area contributed by atoms with Crippen molar-refractivity contribution in [2.75, 3.05) is 6.54 Å². The smallest absolute Gasteiger partial charge is 0.239 e. The maximum Gasteiger partial charge on any atom is 0.239 e. The second-order valence-corrected chi connectivity index (χ2v) is 2.67. The van der Waals surface area contributed by atoms with Gasteiger partial charge in [0.15, 0.2) is 0 Å². The van der Waals surface area contributed by atoms with Gasteiger partial charge in [-0.25, -0.2) is 0 Å². The van der Waals surface area contributed by atoms with E-state index in [0.717, 1.165) is 19.4 Å². The SMILES string of the molecule is [CH2][C@@H](O)NC(=O)C1CCCN1. The standard InChI is InChI=1S/C7H13N2O2/c1-5(10)9-7(11)6-3-2-4-8-6/h5-6,8,10H,1-4H2,(H,9,11)/t5-,6?/m1/s1. The van der Waals surface area contributed by atoms with Gasteiger partial charge in [0.2, 0.25) is 5.91 Å². The normalized spacial score (nSPS) is 26.5. The molecule has 0 spiro atoms. The van der Waals surface area contributed by atoms with Crippen molar-refractivity contribution in [1.29, 1.82) is 0 Å². The number of aliphatic hydroxyl groups excluding tert-OH is 1. The van der Waals surface area contributed by atoms with Gasteiger partial charge in [0.05, 0.1) is 6.04 Å². The van der Waals surface area contributed by atoms with Gasteiger partial charge in [-0.3, -0.25) is 4.79 Å². The molecule has 1 aliphatic rings. The highest BCUT2D eigenvalue weighted by Gasteiger charge is 2.22. The number of carbonyl (C=O) groups excluding carboxylic acids is 1. The van der Waals surface area contributed by atoms with Crippen LogP contribution in [0.1, 0.15) is 12.8 Å². The zero-order valence-electron chi connectivity index (χ0n) is 6.34. The second kappa shape index (κ2) is 3.69. The fourth-order valence-electron chi connectivity index (χ4n) is 1.17. The molecule has 63 valence electrons. The van der Waals surface area contributed by atoms with E-state index < -0.39 is 6.23 Å². The Morgan fingerprint density at radius 1 is 1.82 bits per heavy atom. The summed E-state index contributed by atoms with van der Waals surface area (Å²) < 4.78 is 0. The number of rotatable bonds is 2. The summed E-state index contributed by atoms with van der Waals surface area (Å²) in [7, 11) is 0. The van der Waals surface area contributed by atoms with Crippen molar-refractivity contribution in [1.82, 2.24) is 10.6 Å². The topological polar surface area (TPSA) is 61.4 Å². The molecule has 1 rings (SSSR count). The Hall–Kier alpha value is -0.610. The number of carbonyl (C=O) groups is 1. The van der Waals surface area contributed by atoms with Crippen LogP contribution in [0.25, 0.3) is 0 Å². The third kappa shape index (κ3) is 2.48. The van der Waals surface area contributed by atoms with E-state index in [0.29, 0.717) is 0 Å². The molecule has 1 amide bonds. The molecule has 0 aromatic heterocycles. The van der Waals surface area contributed by atoms with Gasteiger partial charge in [-0.1, -0.05) is 0 Å². The molecule has 2 atom stereocenters. The Labute approximate surface area is 66.0 Å². The Morgan fingerprint density at radius 2 is 2.55 bits per heavy atom.